The van der Waals surface area contributed by atoms with Gasteiger partial charge in [0, 0.05) is 22.2 Å². The Bertz CT molecular complexity index is 794. The fourth-order valence-corrected chi connectivity index (χ4v) is 2.42. The molecule has 20 heavy (non-hydrogen) atoms. The highest BCUT2D eigenvalue weighted by Gasteiger charge is 2.10. The highest BCUT2D eigenvalue weighted by molar-refractivity contribution is 6.31. The van der Waals surface area contributed by atoms with Gasteiger partial charge in [0.25, 0.3) is 0 Å². The monoisotopic (exact) mass is 287 g/mol. The van der Waals surface area contributed by atoms with Crippen molar-refractivity contribution in [3.63, 3.8) is 0 Å². The van der Waals surface area contributed by atoms with Gasteiger partial charge >= 0.3 is 0 Å². The molecule has 0 unspecified atom stereocenters. The SMILES string of the molecule is O=C(Cn1ccc2c(F)cccc21)c1cccc(Cl)c1. The van der Waals surface area contributed by atoms with Gasteiger partial charge in [-0.2, -0.15) is 0 Å². The molecule has 0 aliphatic carbocycles. The van der Waals surface area contributed by atoms with Crippen LogP contribution in [0.4, 0.5) is 4.39 Å². The first-order chi connectivity index (χ1) is 9.65. The molecule has 0 saturated heterocycles. The van der Waals surface area contributed by atoms with Gasteiger partial charge in [-0.05, 0) is 30.3 Å². The van der Waals surface area contributed by atoms with Crippen LogP contribution in [0.1, 0.15) is 10.4 Å². The van der Waals surface area contributed by atoms with Crippen LogP contribution >= 0.6 is 11.6 Å². The summed E-state index contributed by atoms with van der Waals surface area (Å²) in [6.07, 6.45) is 1.72. The van der Waals surface area contributed by atoms with E-state index >= 15 is 0 Å². The highest BCUT2D eigenvalue weighted by Crippen LogP contribution is 2.20. The van der Waals surface area contributed by atoms with E-state index in [4.69, 9.17) is 11.6 Å². The molecule has 0 N–H and O–H groups in total. The number of hydrogen-bond acceptors (Lipinski definition) is 1. The highest BCUT2D eigenvalue weighted by atomic mass is 35.5. The summed E-state index contributed by atoms with van der Waals surface area (Å²) in [5, 5.41) is 1.05. The third-order valence-electron chi connectivity index (χ3n) is 3.22. The Hall–Kier alpha value is -2.13. The summed E-state index contributed by atoms with van der Waals surface area (Å²) in [5.74, 6) is -0.342. The zero-order chi connectivity index (χ0) is 14.1. The molecule has 0 aliphatic heterocycles. The fraction of sp³-hybridized carbons (Fsp3) is 0.0625. The molecule has 0 bridgehead atoms. The lowest BCUT2D eigenvalue weighted by molar-refractivity contribution is 0.0973. The van der Waals surface area contributed by atoms with E-state index in [0.29, 0.717) is 21.5 Å². The number of ketones is 1. The molecule has 3 rings (SSSR count). The molecule has 0 radical (unpaired) electrons. The number of benzene rings is 2. The molecular formula is C16H11ClFNO. The molecule has 0 saturated carbocycles. The van der Waals surface area contributed by atoms with E-state index in [1.165, 1.54) is 6.07 Å². The van der Waals surface area contributed by atoms with Crippen LogP contribution in [0.25, 0.3) is 10.9 Å². The zero-order valence-corrected chi connectivity index (χ0v) is 11.3. The van der Waals surface area contributed by atoms with Gasteiger partial charge in [0.15, 0.2) is 5.78 Å². The third kappa shape index (κ3) is 2.32. The second-order valence-corrected chi connectivity index (χ2v) is 4.99. The van der Waals surface area contributed by atoms with Crippen LogP contribution in [-0.2, 0) is 6.54 Å². The van der Waals surface area contributed by atoms with Crippen molar-refractivity contribution in [2.24, 2.45) is 0 Å². The van der Waals surface area contributed by atoms with Crippen LogP contribution in [0.2, 0.25) is 5.02 Å². The second kappa shape index (κ2) is 5.10. The number of carbonyl (C=O) groups excluding carboxylic acids is 1. The molecule has 4 heteroatoms. The Morgan fingerprint density at radius 2 is 1.95 bits per heavy atom. The number of fused-ring (bicyclic) bond motifs is 1. The maximum absolute atomic E-state index is 13.6. The molecule has 0 atom stereocenters. The number of rotatable bonds is 3. The number of Topliss-reactive ketones (excluding diaryl/α,β-unsaturated/α-hetero) is 1. The van der Waals surface area contributed by atoms with Gasteiger partial charge in [-0.15, -0.1) is 0 Å². The minimum absolute atomic E-state index is 0.0609. The van der Waals surface area contributed by atoms with E-state index in [0.717, 1.165) is 0 Å². The number of carbonyl (C=O) groups is 1. The maximum Gasteiger partial charge on any atom is 0.182 e. The van der Waals surface area contributed by atoms with Crippen molar-refractivity contribution in [1.82, 2.24) is 4.57 Å². The van der Waals surface area contributed by atoms with Crippen molar-refractivity contribution in [3.8, 4) is 0 Å². The number of aromatic nitrogens is 1. The second-order valence-electron chi connectivity index (χ2n) is 4.55. The molecular weight excluding hydrogens is 277 g/mol. The predicted octanol–water partition coefficient (Wildman–Crippen LogP) is 4.32. The first-order valence-corrected chi connectivity index (χ1v) is 6.55. The largest absolute Gasteiger partial charge is 0.340 e. The van der Waals surface area contributed by atoms with Crippen molar-refractivity contribution in [1.29, 1.82) is 0 Å². The van der Waals surface area contributed by atoms with Crippen molar-refractivity contribution in [2.45, 2.75) is 6.54 Å². The molecule has 100 valence electrons. The predicted molar refractivity (Wildman–Crippen MR) is 77.7 cm³/mol. The van der Waals surface area contributed by atoms with Crippen molar-refractivity contribution in [2.75, 3.05) is 0 Å². The lowest BCUT2D eigenvalue weighted by atomic mass is 10.1. The first-order valence-electron chi connectivity index (χ1n) is 6.17. The minimum atomic E-state index is -0.281. The molecule has 1 aromatic heterocycles. The molecule has 0 amide bonds. The van der Waals surface area contributed by atoms with Crippen molar-refractivity contribution < 1.29 is 9.18 Å². The van der Waals surface area contributed by atoms with Crippen LogP contribution < -0.4 is 0 Å². The molecule has 2 aromatic carbocycles. The topological polar surface area (TPSA) is 22.0 Å². The molecule has 2 nitrogen and oxygen atoms in total. The van der Waals surface area contributed by atoms with Crippen molar-refractivity contribution in [3.05, 3.63) is 71.1 Å². The first kappa shape index (κ1) is 12.9. The van der Waals surface area contributed by atoms with E-state index in [1.807, 2.05) is 0 Å². The lowest BCUT2D eigenvalue weighted by Gasteiger charge is -2.05. The summed E-state index contributed by atoms with van der Waals surface area (Å²) >= 11 is 5.88. The van der Waals surface area contributed by atoms with E-state index in [1.54, 1.807) is 53.2 Å². The van der Waals surface area contributed by atoms with Crippen LogP contribution in [0.15, 0.2) is 54.7 Å². The van der Waals surface area contributed by atoms with Gasteiger partial charge in [0.1, 0.15) is 5.82 Å². The summed E-state index contributed by atoms with van der Waals surface area (Å²) in [5.41, 5.74) is 1.26. The van der Waals surface area contributed by atoms with Crippen LogP contribution in [0, 0.1) is 5.82 Å². The van der Waals surface area contributed by atoms with Gasteiger partial charge in [-0.1, -0.05) is 29.8 Å². The molecule has 0 aliphatic rings. The Morgan fingerprint density at radius 3 is 2.75 bits per heavy atom. The van der Waals surface area contributed by atoms with Gasteiger partial charge in [-0.3, -0.25) is 4.79 Å². The summed E-state index contributed by atoms with van der Waals surface area (Å²) in [6.45, 7) is 0.160. The van der Waals surface area contributed by atoms with Gasteiger partial charge in [0.2, 0.25) is 0 Å². The summed E-state index contributed by atoms with van der Waals surface area (Å²) < 4.78 is 15.3. The fourth-order valence-electron chi connectivity index (χ4n) is 2.23. The number of halogens is 2. The van der Waals surface area contributed by atoms with Gasteiger partial charge < -0.3 is 4.57 Å². The average Bonchev–Trinajstić information content (AvgIpc) is 2.83. The Kier molecular flexibility index (Phi) is 3.28. The Morgan fingerprint density at radius 1 is 1.15 bits per heavy atom. The van der Waals surface area contributed by atoms with Gasteiger partial charge in [0.05, 0.1) is 12.1 Å². The lowest BCUT2D eigenvalue weighted by Crippen LogP contribution is -2.09. The normalized spacial score (nSPS) is 10.9. The van der Waals surface area contributed by atoms with E-state index < -0.39 is 0 Å². The minimum Gasteiger partial charge on any atom is -0.340 e. The van der Waals surface area contributed by atoms with Crippen LogP contribution in [0.5, 0.6) is 0 Å². The Balaban J connectivity index is 1.94. The smallest absolute Gasteiger partial charge is 0.182 e. The molecule has 0 spiro atoms. The average molecular weight is 288 g/mol. The van der Waals surface area contributed by atoms with Gasteiger partial charge in [-0.25, -0.2) is 4.39 Å². The van der Waals surface area contributed by atoms with E-state index in [9.17, 15) is 9.18 Å². The van der Waals surface area contributed by atoms with E-state index in [-0.39, 0.29) is 18.1 Å². The summed E-state index contributed by atoms with van der Waals surface area (Å²) in [7, 11) is 0. The zero-order valence-electron chi connectivity index (χ0n) is 10.5. The van der Waals surface area contributed by atoms with Crippen LogP contribution in [0.3, 0.4) is 0 Å². The Labute approximate surface area is 120 Å². The maximum atomic E-state index is 13.6. The number of nitrogens with zero attached hydrogens (tertiary/aromatic N) is 1. The molecule has 1 heterocycles. The number of hydrogen-bond donors (Lipinski definition) is 0. The van der Waals surface area contributed by atoms with Crippen LogP contribution in [-0.4, -0.2) is 10.4 Å². The molecule has 3 aromatic rings. The third-order valence-corrected chi connectivity index (χ3v) is 3.46. The molecule has 0 fully saturated rings. The van der Waals surface area contributed by atoms with Crippen molar-refractivity contribution >= 4 is 28.3 Å². The standard InChI is InChI=1S/C16H11ClFNO/c17-12-4-1-3-11(9-12)16(20)10-19-8-7-13-14(18)5-2-6-15(13)19/h1-9H,10H2. The summed E-state index contributed by atoms with van der Waals surface area (Å²) in [4.78, 5) is 12.2. The quantitative estimate of drug-likeness (QED) is 0.658. The summed E-state index contributed by atoms with van der Waals surface area (Å²) in [6, 6.07) is 13.3. The van der Waals surface area contributed by atoms with E-state index in [2.05, 4.69) is 0 Å².